The molecule has 0 amide bonds. The average molecular weight is 117 g/mol. The van der Waals surface area contributed by atoms with Gasteiger partial charge in [0.1, 0.15) is 0 Å². The maximum absolute atomic E-state index is 5.07. The molecule has 1 rings (SSSR count). The van der Waals surface area contributed by atoms with Gasteiger partial charge in [0.2, 0.25) is 0 Å². The molecule has 1 nitrogen and oxygen atoms in total. The van der Waals surface area contributed by atoms with Crippen molar-refractivity contribution in [1.82, 2.24) is 0 Å². The van der Waals surface area contributed by atoms with Crippen molar-refractivity contribution in [3.05, 3.63) is 0 Å². The van der Waals surface area contributed by atoms with E-state index >= 15 is 0 Å². The lowest BCUT2D eigenvalue weighted by Gasteiger charge is -2.15. The minimum absolute atomic E-state index is 0.494. The zero-order valence-electron chi connectivity index (χ0n) is 4.22. The van der Waals surface area contributed by atoms with Gasteiger partial charge in [-0.2, -0.15) is 0 Å². The highest BCUT2D eigenvalue weighted by Crippen LogP contribution is 2.11. The second kappa shape index (κ2) is 2.58. The largest absolute Gasteiger partial charge is 0.381 e. The highest BCUT2D eigenvalue weighted by Gasteiger charge is 2.07. The Morgan fingerprint density at radius 1 is 1.29 bits per heavy atom. The van der Waals surface area contributed by atoms with Gasteiger partial charge >= 0.3 is 0 Å². The smallest absolute Gasteiger partial charge is 0.0476 e. The average Bonchev–Trinajstić information content (AvgIpc) is 1.69. The van der Waals surface area contributed by atoms with E-state index in [1.165, 1.54) is 0 Å². The van der Waals surface area contributed by atoms with Crippen molar-refractivity contribution < 1.29 is 4.74 Å². The first-order valence-corrected chi connectivity index (χ1v) is 3.10. The third-order valence-corrected chi connectivity index (χ3v) is 1.64. The topological polar surface area (TPSA) is 9.23 Å². The molecule has 1 aliphatic heterocycles. The summed E-state index contributed by atoms with van der Waals surface area (Å²) in [7, 11) is 0. The van der Waals surface area contributed by atoms with Gasteiger partial charge in [-0.1, -0.05) is 12.6 Å². The first-order valence-electron chi connectivity index (χ1n) is 2.63. The molecule has 0 aromatic heterocycles. The van der Waals surface area contributed by atoms with Gasteiger partial charge in [-0.15, -0.1) is 0 Å². The highest BCUT2D eigenvalue weighted by molar-refractivity contribution is 7.80. The van der Waals surface area contributed by atoms with Crippen LogP contribution in [0.2, 0.25) is 0 Å². The molecule has 0 unspecified atom stereocenters. The quantitative estimate of drug-likeness (QED) is 0.465. The lowest BCUT2D eigenvalue weighted by atomic mass is 10.2. The molecule has 0 bridgehead atoms. The van der Waals surface area contributed by atoms with Gasteiger partial charge in [-0.3, -0.25) is 0 Å². The van der Waals surface area contributed by atoms with Gasteiger partial charge in [0, 0.05) is 18.5 Å². The van der Waals surface area contributed by atoms with E-state index in [1.807, 2.05) is 0 Å². The van der Waals surface area contributed by atoms with Crippen LogP contribution in [0.1, 0.15) is 12.8 Å². The molecule has 0 aliphatic carbocycles. The minimum atomic E-state index is 0.494. The number of rotatable bonds is 0. The van der Waals surface area contributed by atoms with E-state index in [-0.39, 0.29) is 0 Å². The zero-order chi connectivity index (χ0) is 5.11. The normalized spacial score (nSPS) is 25.3. The molecule has 0 aromatic rings. The first kappa shape index (κ1) is 5.45. The summed E-state index contributed by atoms with van der Waals surface area (Å²) in [6.45, 7) is 1.77. The van der Waals surface area contributed by atoms with Crippen molar-refractivity contribution in [3.63, 3.8) is 0 Å². The van der Waals surface area contributed by atoms with Crippen molar-refractivity contribution in [1.29, 1.82) is 0 Å². The predicted molar refractivity (Wildman–Crippen MR) is 31.4 cm³/mol. The van der Waals surface area contributed by atoms with E-state index in [4.69, 9.17) is 17.4 Å². The van der Waals surface area contributed by atoms with Crippen LogP contribution in [-0.2, 0) is 4.74 Å². The van der Waals surface area contributed by atoms with Crippen LogP contribution in [0.3, 0.4) is 0 Å². The van der Waals surface area contributed by atoms with Crippen LogP contribution in [0.5, 0.6) is 0 Å². The molecule has 1 heterocycles. The van der Waals surface area contributed by atoms with Crippen LogP contribution in [0, 0.1) is 0 Å². The fraction of sp³-hybridized carbons (Fsp3) is 1.00. The minimum Gasteiger partial charge on any atom is -0.381 e. The van der Waals surface area contributed by atoms with Crippen LogP contribution >= 0.6 is 12.6 Å². The summed E-state index contributed by atoms with van der Waals surface area (Å²) >= 11 is 5.01. The predicted octanol–water partition coefficient (Wildman–Crippen LogP) is 1.36. The molecule has 1 radical (unpaired) electrons. The van der Waals surface area contributed by atoms with Crippen molar-refractivity contribution in [3.8, 4) is 0 Å². The van der Waals surface area contributed by atoms with E-state index < -0.39 is 0 Å². The Morgan fingerprint density at radius 2 is 1.86 bits per heavy atom. The molecular weight excluding hydrogens is 108 g/mol. The summed E-state index contributed by atoms with van der Waals surface area (Å²) in [4.78, 5) is 0. The number of hydrogen-bond acceptors (Lipinski definition) is 1. The summed E-state index contributed by atoms with van der Waals surface area (Å²) in [6.07, 6.45) is 2.16. The van der Waals surface area contributed by atoms with E-state index in [2.05, 4.69) is 0 Å². The van der Waals surface area contributed by atoms with E-state index in [0.717, 1.165) is 26.1 Å². The molecule has 7 heavy (non-hydrogen) atoms. The molecule has 1 saturated heterocycles. The van der Waals surface area contributed by atoms with Crippen molar-refractivity contribution in [2.75, 3.05) is 13.2 Å². The Labute approximate surface area is 49.5 Å². The fourth-order valence-electron chi connectivity index (χ4n) is 0.676. The molecular formula is C5H9OS. The van der Waals surface area contributed by atoms with Gasteiger partial charge < -0.3 is 4.74 Å². The molecule has 0 saturated carbocycles. The lowest BCUT2D eigenvalue weighted by molar-refractivity contribution is 0.100. The lowest BCUT2D eigenvalue weighted by Crippen LogP contribution is -2.14. The van der Waals surface area contributed by atoms with Crippen molar-refractivity contribution in [2.45, 2.75) is 18.1 Å². The van der Waals surface area contributed by atoms with Gasteiger partial charge in [-0.05, 0) is 12.8 Å². The summed E-state index contributed by atoms with van der Waals surface area (Å²) in [5.74, 6) is 0. The summed E-state index contributed by atoms with van der Waals surface area (Å²) in [5.41, 5.74) is 0. The fourth-order valence-corrected chi connectivity index (χ4v) is 0.868. The first-order chi connectivity index (χ1) is 3.39. The Balaban J connectivity index is 2.12. The molecule has 0 atom stereocenters. The van der Waals surface area contributed by atoms with Gasteiger partial charge in [0.05, 0.1) is 0 Å². The number of hydrogen-bond donors (Lipinski definition) is 0. The molecule has 0 spiro atoms. The Bertz CT molecular complexity index is 50.0. The third-order valence-electron chi connectivity index (χ3n) is 1.17. The summed E-state index contributed by atoms with van der Waals surface area (Å²) < 4.78 is 5.07. The van der Waals surface area contributed by atoms with Gasteiger partial charge in [0.15, 0.2) is 0 Å². The number of ether oxygens (including phenoxy) is 1. The van der Waals surface area contributed by atoms with Crippen LogP contribution in [0.25, 0.3) is 0 Å². The van der Waals surface area contributed by atoms with Crippen molar-refractivity contribution >= 4 is 12.6 Å². The van der Waals surface area contributed by atoms with Gasteiger partial charge in [-0.25, -0.2) is 0 Å². The maximum Gasteiger partial charge on any atom is 0.0476 e. The maximum atomic E-state index is 5.07. The van der Waals surface area contributed by atoms with Crippen LogP contribution in [-0.4, -0.2) is 18.5 Å². The molecule has 0 N–H and O–H groups in total. The Hall–Kier alpha value is 0.310. The molecule has 41 valence electrons. The second-order valence-corrected chi connectivity index (χ2v) is 2.48. The Morgan fingerprint density at radius 3 is 2.14 bits per heavy atom. The monoisotopic (exact) mass is 117 g/mol. The molecule has 1 fully saturated rings. The van der Waals surface area contributed by atoms with E-state index in [1.54, 1.807) is 0 Å². The molecule has 0 aromatic carbocycles. The van der Waals surface area contributed by atoms with E-state index in [9.17, 15) is 0 Å². The van der Waals surface area contributed by atoms with Crippen molar-refractivity contribution in [2.24, 2.45) is 0 Å². The zero-order valence-corrected chi connectivity index (χ0v) is 5.04. The Kier molecular flexibility index (Phi) is 2.00. The second-order valence-electron chi connectivity index (χ2n) is 1.81. The third kappa shape index (κ3) is 1.70. The summed E-state index contributed by atoms with van der Waals surface area (Å²) in [5, 5.41) is 0.494. The summed E-state index contributed by atoms with van der Waals surface area (Å²) in [6, 6.07) is 0. The van der Waals surface area contributed by atoms with E-state index in [0.29, 0.717) is 5.25 Å². The molecule has 1 aliphatic rings. The van der Waals surface area contributed by atoms with Crippen LogP contribution < -0.4 is 0 Å². The van der Waals surface area contributed by atoms with Crippen LogP contribution in [0.15, 0.2) is 0 Å². The highest BCUT2D eigenvalue weighted by atomic mass is 32.1. The standard InChI is InChI=1S/C5H9OS/c7-5-1-3-6-4-2-5/h5H,1-4H2. The molecule has 2 heteroatoms. The SMILES string of the molecule is [S]C1CCOCC1. The van der Waals surface area contributed by atoms with Gasteiger partial charge in [0.25, 0.3) is 0 Å². The van der Waals surface area contributed by atoms with Crippen LogP contribution in [0.4, 0.5) is 0 Å².